The maximum atomic E-state index is 12.3. The van der Waals surface area contributed by atoms with Gasteiger partial charge in [0.05, 0.1) is 5.69 Å². The zero-order valence-corrected chi connectivity index (χ0v) is 19.1. The summed E-state index contributed by atoms with van der Waals surface area (Å²) in [6, 6.07) is 7.10. The van der Waals surface area contributed by atoms with E-state index in [0.29, 0.717) is 34.8 Å². The van der Waals surface area contributed by atoms with Gasteiger partial charge in [0.2, 0.25) is 5.89 Å². The number of hydrogen-bond donors (Lipinski definition) is 2. The van der Waals surface area contributed by atoms with Crippen molar-refractivity contribution in [3.8, 4) is 11.8 Å². The minimum absolute atomic E-state index is 0.0156. The molecule has 0 aliphatic heterocycles. The van der Waals surface area contributed by atoms with Crippen LogP contribution in [0.25, 0.3) is 11.4 Å². The van der Waals surface area contributed by atoms with Crippen molar-refractivity contribution >= 4 is 52.3 Å². The number of carbonyl (C=O) groups excluding carboxylic acids is 1. The second kappa shape index (κ2) is 8.48. The van der Waals surface area contributed by atoms with Gasteiger partial charge in [-0.3, -0.25) is 10.1 Å². The van der Waals surface area contributed by atoms with Gasteiger partial charge < -0.3 is 18.7 Å². The third kappa shape index (κ3) is 4.09. The molecule has 0 spiro atoms. The molecule has 2 N–H and O–H groups in total. The van der Waals surface area contributed by atoms with E-state index in [4.69, 9.17) is 25.2 Å². The fourth-order valence-corrected chi connectivity index (χ4v) is 4.11. The summed E-state index contributed by atoms with van der Waals surface area (Å²) in [6.45, 7) is 1.71. The lowest BCUT2D eigenvalue weighted by Crippen LogP contribution is -2.19. The van der Waals surface area contributed by atoms with Crippen molar-refractivity contribution in [1.82, 2.24) is 14.3 Å². The monoisotopic (exact) mass is 498 g/mol. The lowest BCUT2D eigenvalue weighted by atomic mass is 10.1. The predicted molar refractivity (Wildman–Crippen MR) is 121 cm³/mol. The van der Waals surface area contributed by atoms with Crippen molar-refractivity contribution in [2.45, 2.75) is 31.3 Å². The Morgan fingerprint density at radius 1 is 1.24 bits per heavy atom. The highest BCUT2D eigenvalue weighted by atomic mass is 35.5. The summed E-state index contributed by atoms with van der Waals surface area (Å²) >= 11 is 7.25. The predicted octanol–water partition coefficient (Wildman–Crippen LogP) is 4.75. The molecule has 5 rings (SSSR count). The van der Waals surface area contributed by atoms with Crippen molar-refractivity contribution in [3.05, 3.63) is 57.7 Å². The smallest absolute Gasteiger partial charge is 0.412 e. The van der Waals surface area contributed by atoms with Crippen LogP contribution in [0.4, 0.5) is 10.5 Å². The standard InChI is InChI=1S/C22H15ClN4O6S/c1-11(12-4-2-3-5-13(12)23)31-21(30)24-15-10-34-27-14(15)6-7-16-25-17-18(32-16)26-19(33-17)22(8-9-22)20(28)29/h2-5,10-11H,8-9H2,1H3,(H,24,30)(H,28,29). The number of hydrogen-bond acceptors (Lipinski definition) is 9. The SMILES string of the molecule is CC(OC(=O)Nc1csnc1C#Cc1nc2oc(C3(C(=O)O)CC3)nc2o1)c1ccccc1Cl. The topological polar surface area (TPSA) is 141 Å². The molecule has 34 heavy (non-hydrogen) atoms. The minimum Gasteiger partial charge on any atom is -0.480 e. The van der Waals surface area contributed by atoms with Gasteiger partial charge in [-0.15, -0.1) is 0 Å². The number of nitrogens with one attached hydrogen (secondary N) is 1. The first kappa shape index (κ1) is 21.9. The Hall–Kier alpha value is -3.88. The number of carboxylic acid groups (broad SMARTS) is 1. The fraction of sp³-hybridized carbons (Fsp3) is 0.227. The number of fused-ring (bicyclic) bond motifs is 1. The molecule has 1 aliphatic rings. The molecule has 0 saturated heterocycles. The Balaban J connectivity index is 1.27. The molecule has 1 fully saturated rings. The Kier molecular flexibility index (Phi) is 5.47. The van der Waals surface area contributed by atoms with Gasteiger partial charge in [0, 0.05) is 21.9 Å². The molecule has 3 heterocycles. The van der Waals surface area contributed by atoms with Crippen molar-refractivity contribution < 1.29 is 28.3 Å². The Morgan fingerprint density at radius 3 is 2.71 bits per heavy atom. The van der Waals surface area contributed by atoms with E-state index in [2.05, 4.69) is 31.5 Å². The summed E-state index contributed by atoms with van der Waals surface area (Å²) < 4.78 is 20.5. The molecule has 12 heteroatoms. The Labute approximate surface area is 201 Å². The largest absolute Gasteiger partial charge is 0.480 e. The zero-order valence-electron chi connectivity index (χ0n) is 17.5. The highest BCUT2D eigenvalue weighted by Gasteiger charge is 2.56. The van der Waals surface area contributed by atoms with Gasteiger partial charge >= 0.3 is 12.1 Å². The van der Waals surface area contributed by atoms with Gasteiger partial charge in [0.1, 0.15) is 11.5 Å². The van der Waals surface area contributed by atoms with Gasteiger partial charge in [0.15, 0.2) is 5.69 Å². The number of anilines is 1. The molecule has 0 radical (unpaired) electrons. The zero-order chi connectivity index (χ0) is 23.9. The van der Waals surface area contributed by atoms with Gasteiger partial charge in [-0.2, -0.15) is 14.3 Å². The molecule has 1 aromatic carbocycles. The van der Waals surface area contributed by atoms with E-state index >= 15 is 0 Å². The van der Waals surface area contributed by atoms with Gasteiger partial charge in [-0.1, -0.05) is 29.8 Å². The van der Waals surface area contributed by atoms with Crippen molar-refractivity contribution in [3.63, 3.8) is 0 Å². The van der Waals surface area contributed by atoms with Gasteiger partial charge in [0.25, 0.3) is 17.3 Å². The van der Waals surface area contributed by atoms with Crippen LogP contribution in [-0.2, 0) is 14.9 Å². The summed E-state index contributed by atoms with van der Waals surface area (Å²) in [5, 5.41) is 14.1. The number of oxazole rings is 2. The molecule has 0 bridgehead atoms. The van der Waals surface area contributed by atoms with Gasteiger partial charge in [-0.25, -0.2) is 4.79 Å². The highest BCUT2D eigenvalue weighted by molar-refractivity contribution is 7.04. The number of carboxylic acids is 1. The van der Waals surface area contributed by atoms with Crippen LogP contribution < -0.4 is 5.32 Å². The summed E-state index contributed by atoms with van der Waals surface area (Å²) in [5.41, 5.74) is 0.388. The average Bonchev–Trinajstić information content (AvgIpc) is 3.12. The number of carbonyl (C=O) groups is 2. The molecule has 1 amide bonds. The molecule has 4 aromatic rings. The summed E-state index contributed by atoms with van der Waals surface area (Å²) in [6.07, 6.45) is -0.339. The van der Waals surface area contributed by atoms with Crippen LogP contribution >= 0.6 is 23.1 Å². The lowest BCUT2D eigenvalue weighted by Gasteiger charge is -2.15. The van der Waals surface area contributed by atoms with Crippen LogP contribution in [0.1, 0.15) is 48.9 Å². The first-order chi connectivity index (χ1) is 16.4. The first-order valence-electron chi connectivity index (χ1n) is 10.1. The van der Waals surface area contributed by atoms with E-state index in [1.807, 2.05) is 0 Å². The lowest BCUT2D eigenvalue weighted by molar-refractivity contribution is -0.140. The van der Waals surface area contributed by atoms with Crippen molar-refractivity contribution in [2.24, 2.45) is 0 Å². The van der Waals surface area contributed by atoms with E-state index in [9.17, 15) is 14.7 Å². The minimum atomic E-state index is -1.09. The molecule has 3 aromatic heterocycles. The van der Waals surface area contributed by atoms with E-state index in [1.54, 1.807) is 36.6 Å². The molecule has 1 saturated carbocycles. The number of aliphatic carboxylic acids is 1. The number of amides is 1. The normalized spacial score (nSPS) is 14.8. The molecule has 1 atom stereocenters. The molecule has 1 aliphatic carbocycles. The number of halogens is 1. The Bertz CT molecular complexity index is 1440. The maximum absolute atomic E-state index is 12.3. The molecule has 1 unspecified atom stereocenters. The van der Waals surface area contributed by atoms with Crippen LogP contribution in [0, 0.1) is 11.8 Å². The average molecular weight is 499 g/mol. The van der Waals surface area contributed by atoms with E-state index in [0.717, 1.165) is 11.5 Å². The number of ether oxygens (including phenoxy) is 1. The van der Waals surface area contributed by atoms with Crippen LogP contribution in [0.5, 0.6) is 0 Å². The Morgan fingerprint density at radius 2 is 2.00 bits per heavy atom. The van der Waals surface area contributed by atoms with Crippen LogP contribution in [0.3, 0.4) is 0 Å². The summed E-state index contributed by atoms with van der Waals surface area (Å²) in [5.74, 6) is 4.58. The molecular formula is C22H15ClN4O6S. The third-order valence-electron chi connectivity index (χ3n) is 5.27. The number of benzene rings is 1. The first-order valence-corrected chi connectivity index (χ1v) is 11.3. The van der Waals surface area contributed by atoms with E-state index < -0.39 is 23.6 Å². The van der Waals surface area contributed by atoms with Crippen LogP contribution in [-0.4, -0.2) is 31.5 Å². The second-order valence-electron chi connectivity index (χ2n) is 7.56. The number of aromatic nitrogens is 3. The summed E-state index contributed by atoms with van der Waals surface area (Å²) in [4.78, 5) is 32.0. The van der Waals surface area contributed by atoms with Crippen molar-refractivity contribution in [2.75, 3.05) is 5.32 Å². The second-order valence-corrected chi connectivity index (χ2v) is 8.59. The third-order valence-corrected chi connectivity index (χ3v) is 6.24. The molecular weight excluding hydrogens is 484 g/mol. The fourth-order valence-electron chi connectivity index (χ4n) is 3.24. The van der Waals surface area contributed by atoms with Crippen LogP contribution in [0.2, 0.25) is 5.02 Å². The number of nitrogens with zero attached hydrogens (tertiary/aromatic N) is 3. The summed E-state index contributed by atoms with van der Waals surface area (Å²) in [7, 11) is 0. The maximum Gasteiger partial charge on any atom is 0.412 e. The quantitative estimate of drug-likeness (QED) is 0.373. The number of rotatable bonds is 5. The highest BCUT2D eigenvalue weighted by Crippen LogP contribution is 2.48. The molecule has 172 valence electrons. The van der Waals surface area contributed by atoms with E-state index in [1.165, 1.54) is 0 Å². The van der Waals surface area contributed by atoms with Crippen LogP contribution in [0.15, 0.2) is 38.5 Å². The van der Waals surface area contributed by atoms with E-state index in [-0.39, 0.29) is 23.2 Å². The molecule has 10 nitrogen and oxygen atoms in total. The van der Waals surface area contributed by atoms with Gasteiger partial charge in [-0.05, 0) is 43.3 Å². The van der Waals surface area contributed by atoms with Crippen molar-refractivity contribution in [1.29, 1.82) is 0 Å².